The van der Waals surface area contributed by atoms with Gasteiger partial charge in [0.25, 0.3) is 0 Å². The molecule has 1 atom stereocenters. The normalized spacial score (nSPS) is 14.9. The highest BCUT2D eigenvalue weighted by atomic mass is 16.5. The van der Waals surface area contributed by atoms with Gasteiger partial charge >= 0.3 is 6.03 Å². The highest BCUT2D eigenvalue weighted by Gasteiger charge is 2.25. The Kier molecular flexibility index (Phi) is 8.97. The predicted molar refractivity (Wildman–Crippen MR) is 128 cm³/mol. The number of rotatable bonds is 10. The molecule has 1 heterocycles. The second-order valence-corrected chi connectivity index (χ2v) is 7.67. The lowest BCUT2D eigenvalue weighted by molar-refractivity contribution is 0.0301. The molecule has 0 radical (unpaired) electrons. The molecule has 1 fully saturated rings. The summed E-state index contributed by atoms with van der Waals surface area (Å²) in [4.78, 5) is 17.0. The number of ether oxygens (including phenoxy) is 4. The minimum Gasteiger partial charge on any atom is -0.497 e. The molecule has 1 aliphatic heterocycles. The molecule has 0 spiro atoms. The minimum atomic E-state index is -0.159. The first kappa shape index (κ1) is 24.4. The van der Waals surface area contributed by atoms with Crippen LogP contribution in [0.5, 0.6) is 17.2 Å². The third-order valence-electron chi connectivity index (χ3n) is 5.61. The molecule has 1 unspecified atom stereocenters. The zero-order valence-corrected chi connectivity index (χ0v) is 19.6. The highest BCUT2D eigenvalue weighted by Crippen LogP contribution is 2.29. The molecule has 0 bridgehead atoms. The van der Waals surface area contributed by atoms with Gasteiger partial charge in [0.1, 0.15) is 17.2 Å². The molecule has 33 heavy (non-hydrogen) atoms. The van der Waals surface area contributed by atoms with Gasteiger partial charge in [-0.3, -0.25) is 4.90 Å². The summed E-state index contributed by atoms with van der Waals surface area (Å²) in [6, 6.07) is 13.1. The summed E-state index contributed by atoms with van der Waals surface area (Å²) >= 11 is 0. The lowest BCUT2D eigenvalue weighted by Crippen LogP contribution is -2.50. The molecule has 0 saturated carbocycles. The Morgan fingerprint density at radius 1 is 1.03 bits per heavy atom. The number of hydrogen-bond donors (Lipinski definition) is 1. The van der Waals surface area contributed by atoms with E-state index in [2.05, 4.69) is 16.8 Å². The van der Waals surface area contributed by atoms with Gasteiger partial charge in [-0.25, -0.2) is 4.79 Å². The van der Waals surface area contributed by atoms with Crippen molar-refractivity contribution in [3.8, 4) is 17.2 Å². The van der Waals surface area contributed by atoms with Crippen LogP contribution in [0.1, 0.15) is 11.7 Å². The van der Waals surface area contributed by atoms with E-state index in [9.17, 15) is 4.79 Å². The van der Waals surface area contributed by atoms with Crippen LogP contribution in [0.25, 0.3) is 0 Å². The summed E-state index contributed by atoms with van der Waals surface area (Å²) in [6.07, 6.45) is 1.64. The van der Waals surface area contributed by atoms with Crippen molar-refractivity contribution < 1.29 is 23.7 Å². The van der Waals surface area contributed by atoms with E-state index in [0.717, 1.165) is 30.9 Å². The molecule has 1 N–H and O–H groups in total. The molecule has 1 saturated heterocycles. The van der Waals surface area contributed by atoms with Crippen molar-refractivity contribution in [2.75, 3.05) is 66.0 Å². The van der Waals surface area contributed by atoms with Crippen molar-refractivity contribution in [3.63, 3.8) is 0 Å². The van der Waals surface area contributed by atoms with Gasteiger partial charge in [-0.05, 0) is 29.8 Å². The Hall–Kier alpha value is -3.23. The van der Waals surface area contributed by atoms with E-state index >= 15 is 0 Å². The molecule has 0 aromatic heterocycles. The summed E-state index contributed by atoms with van der Waals surface area (Å²) < 4.78 is 22.0. The van der Waals surface area contributed by atoms with Gasteiger partial charge in [0.05, 0.1) is 39.7 Å². The number of anilines is 1. The molecule has 2 aromatic rings. The smallest absolute Gasteiger partial charge is 0.322 e. The number of nitrogens with zero attached hydrogens (tertiary/aromatic N) is 2. The predicted octanol–water partition coefficient (Wildman–Crippen LogP) is 3.81. The van der Waals surface area contributed by atoms with Crippen LogP contribution >= 0.6 is 0 Å². The van der Waals surface area contributed by atoms with Crippen LogP contribution in [0.15, 0.2) is 55.1 Å². The number of urea groups is 1. The van der Waals surface area contributed by atoms with E-state index in [-0.39, 0.29) is 12.1 Å². The van der Waals surface area contributed by atoms with E-state index in [0.29, 0.717) is 36.9 Å². The molecule has 2 aromatic carbocycles. The number of carbonyl (C=O) groups excluding carboxylic acids is 1. The van der Waals surface area contributed by atoms with Crippen molar-refractivity contribution in [2.24, 2.45) is 0 Å². The lowest BCUT2D eigenvalue weighted by Gasteiger charge is -2.36. The number of piperazine rings is 1. The van der Waals surface area contributed by atoms with E-state index in [1.54, 1.807) is 50.5 Å². The summed E-state index contributed by atoms with van der Waals surface area (Å²) in [5.74, 6) is 2.04. The van der Waals surface area contributed by atoms with Crippen LogP contribution in [0, 0.1) is 0 Å². The fraction of sp³-hybridized carbons (Fsp3) is 0.400. The molecule has 2 amide bonds. The zero-order valence-electron chi connectivity index (χ0n) is 19.6. The van der Waals surface area contributed by atoms with Gasteiger partial charge in [0.2, 0.25) is 0 Å². The van der Waals surface area contributed by atoms with Gasteiger partial charge in [-0.1, -0.05) is 18.2 Å². The molecular weight excluding hydrogens is 422 g/mol. The van der Waals surface area contributed by atoms with Gasteiger partial charge in [0, 0.05) is 38.8 Å². The largest absolute Gasteiger partial charge is 0.497 e. The Bertz CT molecular complexity index is 928. The number of hydrogen-bond acceptors (Lipinski definition) is 6. The molecule has 3 rings (SSSR count). The Morgan fingerprint density at radius 3 is 2.42 bits per heavy atom. The molecule has 178 valence electrons. The van der Waals surface area contributed by atoms with Gasteiger partial charge < -0.3 is 29.2 Å². The van der Waals surface area contributed by atoms with Crippen LogP contribution in [-0.2, 0) is 4.74 Å². The monoisotopic (exact) mass is 455 g/mol. The maximum Gasteiger partial charge on any atom is 0.322 e. The first-order chi connectivity index (χ1) is 16.1. The van der Waals surface area contributed by atoms with Gasteiger partial charge in [-0.15, -0.1) is 6.58 Å². The summed E-state index contributed by atoms with van der Waals surface area (Å²) in [7, 11) is 4.82. The average molecular weight is 456 g/mol. The number of methoxy groups -OCH3 is 3. The fourth-order valence-corrected chi connectivity index (χ4v) is 3.75. The Labute approximate surface area is 195 Å². The van der Waals surface area contributed by atoms with Crippen LogP contribution < -0.4 is 19.5 Å². The van der Waals surface area contributed by atoms with Crippen molar-refractivity contribution in [3.05, 3.63) is 60.7 Å². The molecule has 1 aliphatic rings. The molecular formula is C25H33N3O5. The number of carbonyl (C=O) groups is 1. The number of amides is 2. The molecule has 8 nitrogen and oxygen atoms in total. The maximum absolute atomic E-state index is 12.8. The number of nitrogens with one attached hydrogen (secondary N) is 1. The van der Waals surface area contributed by atoms with E-state index in [4.69, 9.17) is 18.9 Å². The van der Waals surface area contributed by atoms with Crippen molar-refractivity contribution in [1.29, 1.82) is 0 Å². The standard InChI is InChI=1S/C25H33N3O5/c1-5-15-33-24(19-7-6-8-20(16-19)30-2)18-27-11-13-28(14-12-27)25(29)26-22-17-21(31-3)9-10-23(22)32-4/h5-10,16-17,24H,1,11-15,18H2,2-4H3,(H,26,29). The van der Waals surface area contributed by atoms with Crippen LogP contribution in [0.4, 0.5) is 10.5 Å². The third kappa shape index (κ3) is 6.63. The van der Waals surface area contributed by atoms with Gasteiger partial charge in [0.15, 0.2) is 0 Å². The van der Waals surface area contributed by atoms with Crippen molar-refractivity contribution in [1.82, 2.24) is 9.80 Å². The summed E-state index contributed by atoms with van der Waals surface area (Å²) in [6.45, 7) is 7.68. The second kappa shape index (κ2) is 12.1. The highest BCUT2D eigenvalue weighted by molar-refractivity contribution is 5.91. The van der Waals surface area contributed by atoms with Gasteiger partial charge in [-0.2, -0.15) is 0 Å². The minimum absolute atomic E-state index is 0.112. The fourth-order valence-electron chi connectivity index (χ4n) is 3.75. The van der Waals surface area contributed by atoms with E-state index < -0.39 is 0 Å². The lowest BCUT2D eigenvalue weighted by atomic mass is 10.1. The van der Waals surface area contributed by atoms with Crippen molar-refractivity contribution >= 4 is 11.7 Å². The Balaban J connectivity index is 1.58. The quantitative estimate of drug-likeness (QED) is 0.550. The van der Waals surface area contributed by atoms with Crippen LogP contribution in [-0.4, -0.2) is 76.5 Å². The average Bonchev–Trinajstić information content (AvgIpc) is 2.86. The topological polar surface area (TPSA) is 72.5 Å². The van der Waals surface area contributed by atoms with Crippen LogP contribution in [0.3, 0.4) is 0 Å². The second-order valence-electron chi connectivity index (χ2n) is 7.67. The SMILES string of the molecule is C=CCOC(CN1CCN(C(=O)Nc2cc(OC)ccc2OC)CC1)c1cccc(OC)c1. The first-order valence-electron chi connectivity index (χ1n) is 10.9. The zero-order chi connectivity index (χ0) is 23.6. The summed E-state index contributed by atoms with van der Waals surface area (Å²) in [5.41, 5.74) is 1.64. The van der Waals surface area contributed by atoms with E-state index in [1.807, 2.05) is 24.3 Å². The molecule has 8 heteroatoms. The number of benzene rings is 2. The third-order valence-corrected chi connectivity index (χ3v) is 5.61. The van der Waals surface area contributed by atoms with Crippen molar-refractivity contribution in [2.45, 2.75) is 6.10 Å². The van der Waals surface area contributed by atoms with Crippen LogP contribution in [0.2, 0.25) is 0 Å². The maximum atomic E-state index is 12.8. The summed E-state index contributed by atoms with van der Waals surface area (Å²) in [5, 5.41) is 2.94. The molecule has 0 aliphatic carbocycles. The Morgan fingerprint density at radius 2 is 1.76 bits per heavy atom. The van der Waals surface area contributed by atoms with E-state index in [1.165, 1.54) is 0 Å². The first-order valence-corrected chi connectivity index (χ1v) is 10.9.